The molecule has 7 heteroatoms. The molecule has 0 fully saturated rings. The van der Waals surface area contributed by atoms with Crippen LogP contribution in [0.2, 0.25) is 0 Å². The average Bonchev–Trinajstić information content (AvgIpc) is 2.67. The van der Waals surface area contributed by atoms with Crippen LogP contribution in [-0.2, 0) is 9.53 Å². The zero-order valence-electron chi connectivity index (χ0n) is 17.0. The van der Waals surface area contributed by atoms with Crippen molar-refractivity contribution >= 4 is 23.3 Å². The second-order valence-corrected chi connectivity index (χ2v) is 7.24. The SMILES string of the molecule is C=CCOc1cccc([C@@H]2NC(=S)N(CCCN(C)C)C(C)=C2C(=O)OC)c1. The zero-order valence-corrected chi connectivity index (χ0v) is 17.8. The van der Waals surface area contributed by atoms with Gasteiger partial charge in [0.25, 0.3) is 0 Å². The average molecular weight is 404 g/mol. The molecular formula is C21H29N3O3S. The van der Waals surface area contributed by atoms with Crippen LogP contribution in [0, 0.1) is 0 Å². The summed E-state index contributed by atoms with van der Waals surface area (Å²) in [4.78, 5) is 16.7. The fraction of sp³-hybridized carbons (Fsp3) is 0.429. The summed E-state index contributed by atoms with van der Waals surface area (Å²) >= 11 is 5.61. The Bertz CT molecular complexity index is 761. The van der Waals surface area contributed by atoms with E-state index in [9.17, 15) is 4.79 Å². The Morgan fingerprint density at radius 1 is 1.43 bits per heavy atom. The van der Waals surface area contributed by atoms with E-state index in [1.165, 1.54) is 7.11 Å². The van der Waals surface area contributed by atoms with Gasteiger partial charge in [-0.3, -0.25) is 0 Å². The van der Waals surface area contributed by atoms with Crippen molar-refractivity contribution in [2.75, 3.05) is 40.9 Å². The van der Waals surface area contributed by atoms with Crippen molar-refractivity contribution < 1.29 is 14.3 Å². The van der Waals surface area contributed by atoms with Crippen LogP contribution in [0.15, 0.2) is 48.2 Å². The number of carbonyl (C=O) groups is 1. The van der Waals surface area contributed by atoms with Crippen LogP contribution >= 0.6 is 12.2 Å². The molecule has 1 aromatic rings. The summed E-state index contributed by atoms with van der Waals surface area (Å²) in [5.74, 6) is 0.341. The minimum atomic E-state index is -0.391. The van der Waals surface area contributed by atoms with E-state index in [1.54, 1.807) is 6.08 Å². The van der Waals surface area contributed by atoms with Crippen LogP contribution in [0.1, 0.15) is 24.9 Å². The molecular weight excluding hydrogens is 374 g/mol. The molecule has 6 nitrogen and oxygen atoms in total. The number of nitrogens with one attached hydrogen (secondary N) is 1. The van der Waals surface area contributed by atoms with E-state index in [0.29, 0.717) is 23.0 Å². The third kappa shape index (κ3) is 5.33. The highest BCUT2D eigenvalue weighted by molar-refractivity contribution is 7.80. The first kappa shape index (κ1) is 21.9. The summed E-state index contributed by atoms with van der Waals surface area (Å²) in [5.41, 5.74) is 2.26. The van der Waals surface area contributed by atoms with Gasteiger partial charge in [-0.05, 0) is 63.9 Å². The molecule has 1 N–H and O–H groups in total. The molecule has 2 rings (SSSR count). The van der Waals surface area contributed by atoms with E-state index in [4.69, 9.17) is 21.7 Å². The predicted octanol–water partition coefficient (Wildman–Crippen LogP) is 2.88. The van der Waals surface area contributed by atoms with Crippen LogP contribution in [0.5, 0.6) is 5.75 Å². The van der Waals surface area contributed by atoms with Gasteiger partial charge in [0, 0.05) is 12.2 Å². The Morgan fingerprint density at radius 2 is 2.18 bits per heavy atom. The maximum atomic E-state index is 12.6. The fourth-order valence-corrected chi connectivity index (χ4v) is 3.51. The largest absolute Gasteiger partial charge is 0.490 e. The van der Waals surface area contributed by atoms with Gasteiger partial charge in [0.1, 0.15) is 12.4 Å². The molecule has 0 radical (unpaired) electrons. The van der Waals surface area contributed by atoms with Gasteiger partial charge in [-0.25, -0.2) is 4.79 Å². The quantitative estimate of drug-likeness (QED) is 0.386. The van der Waals surface area contributed by atoms with Gasteiger partial charge in [0.05, 0.1) is 18.7 Å². The topological polar surface area (TPSA) is 54.0 Å². The molecule has 1 heterocycles. The van der Waals surface area contributed by atoms with E-state index >= 15 is 0 Å². The maximum Gasteiger partial charge on any atom is 0.337 e. The lowest BCUT2D eigenvalue weighted by atomic mass is 9.94. The number of thiocarbonyl (C=S) groups is 1. The van der Waals surface area contributed by atoms with E-state index in [-0.39, 0.29) is 5.97 Å². The molecule has 152 valence electrons. The van der Waals surface area contributed by atoms with Crippen LogP contribution in [0.4, 0.5) is 0 Å². The summed E-state index contributed by atoms with van der Waals surface area (Å²) in [7, 11) is 5.46. The monoisotopic (exact) mass is 403 g/mol. The van der Waals surface area contributed by atoms with Crippen molar-refractivity contribution in [2.45, 2.75) is 19.4 Å². The highest BCUT2D eigenvalue weighted by Crippen LogP contribution is 2.32. The van der Waals surface area contributed by atoms with Crippen molar-refractivity contribution in [1.82, 2.24) is 15.1 Å². The molecule has 0 unspecified atom stereocenters. The van der Waals surface area contributed by atoms with Crippen molar-refractivity contribution in [3.05, 3.63) is 53.8 Å². The lowest BCUT2D eigenvalue weighted by Crippen LogP contribution is -2.48. The number of allylic oxidation sites excluding steroid dienone is 1. The number of rotatable bonds is 9. The Labute approximate surface area is 172 Å². The molecule has 0 aromatic heterocycles. The number of benzene rings is 1. The van der Waals surface area contributed by atoms with Crippen molar-refractivity contribution in [3.63, 3.8) is 0 Å². The second-order valence-electron chi connectivity index (χ2n) is 6.85. The van der Waals surface area contributed by atoms with Crippen molar-refractivity contribution in [2.24, 2.45) is 0 Å². The lowest BCUT2D eigenvalue weighted by molar-refractivity contribution is -0.136. The van der Waals surface area contributed by atoms with Crippen molar-refractivity contribution in [3.8, 4) is 5.75 Å². The molecule has 1 aliphatic heterocycles. The summed E-state index contributed by atoms with van der Waals surface area (Å²) < 4.78 is 10.7. The van der Waals surface area contributed by atoms with E-state index < -0.39 is 6.04 Å². The van der Waals surface area contributed by atoms with Gasteiger partial charge in [-0.15, -0.1) is 0 Å². The minimum Gasteiger partial charge on any atom is -0.490 e. The van der Waals surface area contributed by atoms with Gasteiger partial charge in [0.2, 0.25) is 0 Å². The Balaban J connectivity index is 2.36. The van der Waals surface area contributed by atoms with Gasteiger partial charge >= 0.3 is 5.97 Å². The van der Waals surface area contributed by atoms with E-state index in [1.807, 2.05) is 50.2 Å². The summed E-state index contributed by atoms with van der Waals surface area (Å²) in [6.07, 6.45) is 2.62. The molecule has 1 atom stereocenters. The predicted molar refractivity (Wildman–Crippen MR) is 115 cm³/mol. The van der Waals surface area contributed by atoms with Gasteiger partial charge in [-0.1, -0.05) is 24.8 Å². The third-order valence-electron chi connectivity index (χ3n) is 4.55. The molecule has 1 aromatic carbocycles. The number of nitrogens with zero attached hydrogens (tertiary/aromatic N) is 2. The number of esters is 1. The summed E-state index contributed by atoms with van der Waals surface area (Å²) in [6, 6.07) is 7.22. The molecule has 0 amide bonds. The second kappa shape index (κ2) is 10.2. The smallest absolute Gasteiger partial charge is 0.337 e. The first-order chi connectivity index (χ1) is 13.4. The number of methoxy groups -OCH3 is 1. The van der Waals surface area contributed by atoms with E-state index in [2.05, 4.69) is 16.8 Å². The van der Waals surface area contributed by atoms with Crippen LogP contribution in [0.3, 0.4) is 0 Å². The third-order valence-corrected chi connectivity index (χ3v) is 4.89. The Hall–Kier alpha value is -2.38. The summed E-state index contributed by atoms with van der Waals surface area (Å²) in [6.45, 7) is 7.66. The highest BCUT2D eigenvalue weighted by atomic mass is 32.1. The van der Waals surface area contributed by atoms with Crippen LogP contribution < -0.4 is 10.1 Å². The van der Waals surface area contributed by atoms with Crippen LogP contribution in [0.25, 0.3) is 0 Å². The number of hydrogen-bond acceptors (Lipinski definition) is 5. The maximum absolute atomic E-state index is 12.6. The minimum absolute atomic E-state index is 0.368. The normalized spacial score (nSPS) is 16.8. The van der Waals surface area contributed by atoms with Crippen molar-refractivity contribution in [1.29, 1.82) is 0 Å². The Morgan fingerprint density at radius 3 is 2.82 bits per heavy atom. The van der Waals surface area contributed by atoms with Gasteiger partial charge in [0.15, 0.2) is 5.11 Å². The number of ether oxygens (including phenoxy) is 2. The first-order valence-corrected chi connectivity index (χ1v) is 9.65. The lowest BCUT2D eigenvalue weighted by Gasteiger charge is -2.37. The standard InChI is InChI=1S/C21H29N3O3S/c1-6-13-27-17-10-7-9-16(14-17)19-18(20(25)26-5)15(2)24(21(28)22-19)12-8-11-23(3)4/h6-7,9-10,14,19H,1,8,11-13H2,2-5H3,(H,22,28)/t19-/m0/s1. The first-order valence-electron chi connectivity index (χ1n) is 9.24. The molecule has 0 saturated heterocycles. The molecule has 28 heavy (non-hydrogen) atoms. The van der Waals surface area contributed by atoms with E-state index in [0.717, 1.165) is 30.8 Å². The molecule has 0 aliphatic carbocycles. The highest BCUT2D eigenvalue weighted by Gasteiger charge is 2.34. The van der Waals surface area contributed by atoms with Gasteiger partial charge in [-0.2, -0.15) is 0 Å². The molecule has 1 aliphatic rings. The van der Waals surface area contributed by atoms with Gasteiger partial charge < -0.3 is 24.6 Å². The molecule has 0 spiro atoms. The zero-order chi connectivity index (χ0) is 20.7. The summed E-state index contributed by atoms with van der Waals surface area (Å²) in [5, 5.41) is 3.91. The number of carbonyl (C=O) groups excluding carboxylic acids is 1. The molecule has 0 bridgehead atoms. The Kier molecular flexibility index (Phi) is 8.02. The number of hydrogen-bond donors (Lipinski definition) is 1. The molecule has 0 saturated carbocycles. The van der Waals surface area contributed by atoms with Crippen LogP contribution in [-0.4, -0.2) is 61.8 Å². The fourth-order valence-electron chi connectivity index (χ4n) is 3.16.